The minimum Gasteiger partial charge on any atom is -0.381 e. The van der Waals surface area contributed by atoms with Crippen molar-refractivity contribution in [2.75, 3.05) is 63.9 Å². The van der Waals surface area contributed by atoms with E-state index >= 15 is 0 Å². The molecular formula is C26H41N3O. The average molecular weight is 412 g/mol. The molecule has 0 radical (unpaired) electrons. The van der Waals surface area contributed by atoms with Crippen molar-refractivity contribution < 1.29 is 4.74 Å². The molecule has 3 atom stereocenters. The molecule has 1 saturated carbocycles. The molecule has 1 aromatic rings. The maximum Gasteiger partial charge on any atom is 0.0500 e. The molecule has 4 fully saturated rings. The Hall–Kier alpha value is -1.10. The Morgan fingerprint density at radius 3 is 2.13 bits per heavy atom. The number of hydrogen-bond acceptors (Lipinski definition) is 4. The van der Waals surface area contributed by atoms with Crippen LogP contribution >= 0.6 is 0 Å². The monoisotopic (exact) mass is 411 g/mol. The van der Waals surface area contributed by atoms with E-state index in [9.17, 15) is 0 Å². The summed E-state index contributed by atoms with van der Waals surface area (Å²) in [4.78, 5) is 7.84. The van der Waals surface area contributed by atoms with Crippen LogP contribution in [0.1, 0.15) is 50.5 Å². The first kappa shape index (κ1) is 20.8. The van der Waals surface area contributed by atoms with Crippen molar-refractivity contribution in [1.82, 2.24) is 9.80 Å². The van der Waals surface area contributed by atoms with Crippen LogP contribution in [0.5, 0.6) is 0 Å². The number of likely N-dealkylation sites (tertiary alicyclic amines) is 2. The lowest BCUT2D eigenvalue weighted by molar-refractivity contribution is 0.0967. The first-order chi connectivity index (χ1) is 14.9. The van der Waals surface area contributed by atoms with Gasteiger partial charge in [0.15, 0.2) is 0 Å². The van der Waals surface area contributed by atoms with Crippen molar-refractivity contribution in [3.05, 3.63) is 29.8 Å². The molecule has 5 rings (SSSR count). The standard InChI is InChI=1S/C26H41N3O/c1-3-12-27(13-4-1)14-7-17-30-21-26-24-19-28(20-25(24)26)18-22-8-10-23(11-9-22)29-15-5-2-6-16-29/h8-11,24-26H,1-7,12-21H2/t24-,25+,26?. The van der Waals surface area contributed by atoms with Gasteiger partial charge in [0, 0.05) is 51.6 Å². The van der Waals surface area contributed by atoms with E-state index in [1.54, 1.807) is 0 Å². The maximum atomic E-state index is 6.06. The highest BCUT2D eigenvalue weighted by Gasteiger charge is 2.55. The lowest BCUT2D eigenvalue weighted by Gasteiger charge is -2.29. The molecule has 4 aliphatic rings. The molecule has 0 aromatic heterocycles. The van der Waals surface area contributed by atoms with Crippen LogP contribution in [0, 0.1) is 17.8 Å². The van der Waals surface area contributed by atoms with E-state index in [1.165, 1.54) is 102 Å². The molecule has 3 heterocycles. The summed E-state index contributed by atoms with van der Waals surface area (Å²) in [6.07, 6.45) is 9.52. The number of rotatable bonds is 9. The number of nitrogens with zero attached hydrogens (tertiary/aromatic N) is 3. The Bertz CT molecular complexity index is 639. The van der Waals surface area contributed by atoms with Crippen LogP contribution in [-0.2, 0) is 11.3 Å². The largest absolute Gasteiger partial charge is 0.381 e. The van der Waals surface area contributed by atoms with E-state index in [2.05, 4.69) is 39.0 Å². The van der Waals surface area contributed by atoms with Crippen molar-refractivity contribution in [3.8, 4) is 0 Å². The van der Waals surface area contributed by atoms with Gasteiger partial charge in [-0.25, -0.2) is 0 Å². The summed E-state index contributed by atoms with van der Waals surface area (Å²) in [5.74, 6) is 2.65. The topological polar surface area (TPSA) is 19.0 Å². The van der Waals surface area contributed by atoms with Crippen LogP contribution in [0.15, 0.2) is 24.3 Å². The number of piperidine rings is 3. The Kier molecular flexibility index (Phi) is 6.94. The fourth-order valence-electron chi connectivity index (χ4n) is 6.13. The fourth-order valence-corrected chi connectivity index (χ4v) is 6.13. The Morgan fingerprint density at radius 2 is 1.43 bits per heavy atom. The van der Waals surface area contributed by atoms with Gasteiger partial charge in [-0.15, -0.1) is 0 Å². The molecule has 0 N–H and O–H groups in total. The first-order valence-electron chi connectivity index (χ1n) is 12.7. The molecule has 1 aromatic carbocycles. The van der Waals surface area contributed by atoms with Crippen molar-refractivity contribution >= 4 is 5.69 Å². The summed E-state index contributed by atoms with van der Waals surface area (Å²) in [5.41, 5.74) is 2.89. The second-order valence-electron chi connectivity index (χ2n) is 10.2. The van der Waals surface area contributed by atoms with Gasteiger partial charge < -0.3 is 14.5 Å². The summed E-state index contributed by atoms with van der Waals surface area (Å²) < 4.78 is 6.06. The van der Waals surface area contributed by atoms with E-state index in [0.29, 0.717) is 0 Å². The highest BCUT2D eigenvalue weighted by atomic mass is 16.5. The molecule has 4 heteroatoms. The van der Waals surface area contributed by atoms with E-state index in [-0.39, 0.29) is 0 Å². The molecule has 0 amide bonds. The van der Waals surface area contributed by atoms with Gasteiger partial charge in [0.2, 0.25) is 0 Å². The number of fused-ring (bicyclic) bond motifs is 1. The first-order valence-corrected chi connectivity index (χ1v) is 12.7. The number of benzene rings is 1. The van der Waals surface area contributed by atoms with Crippen LogP contribution in [0.2, 0.25) is 0 Å². The zero-order valence-electron chi connectivity index (χ0n) is 18.8. The molecule has 166 valence electrons. The summed E-state index contributed by atoms with van der Waals surface area (Å²) in [7, 11) is 0. The van der Waals surface area contributed by atoms with E-state index < -0.39 is 0 Å². The van der Waals surface area contributed by atoms with Gasteiger partial charge in [-0.1, -0.05) is 18.6 Å². The zero-order valence-corrected chi connectivity index (χ0v) is 18.8. The highest BCUT2D eigenvalue weighted by molar-refractivity contribution is 5.47. The fraction of sp³-hybridized carbons (Fsp3) is 0.769. The minimum absolute atomic E-state index is 0.845. The van der Waals surface area contributed by atoms with E-state index in [0.717, 1.165) is 37.5 Å². The SMILES string of the molecule is c1cc(N2CCCCC2)ccc1CN1C[C@@H]2C(COCCCN3CCCCC3)[C@@H]2C1. The van der Waals surface area contributed by atoms with Crippen LogP contribution in [-0.4, -0.2) is 68.8 Å². The van der Waals surface area contributed by atoms with Gasteiger partial charge in [0.05, 0.1) is 6.61 Å². The smallest absolute Gasteiger partial charge is 0.0500 e. The maximum absolute atomic E-state index is 6.06. The average Bonchev–Trinajstić information content (AvgIpc) is 3.25. The Morgan fingerprint density at radius 1 is 0.767 bits per heavy atom. The van der Waals surface area contributed by atoms with Gasteiger partial charge in [-0.3, -0.25) is 4.90 Å². The molecule has 3 saturated heterocycles. The molecule has 0 spiro atoms. The minimum atomic E-state index is 0.845. The third-order valence-electron chi connectivity index (χ3n) is 8.03. The van der Waals surface area contributed by atoms with Gasteiger partial charge in [0.25, 0.3) is 0 Å². The summed E-state index contributed by atoms with van der Waals surface area (Å²) in [5, 5.41) is 0. The van der Waals surface area contributed by atoms with E-state index in [1.807, 2.05) is 0 Å². The van der Waals surface area contributed by atoms with Gasteiger partial charge in [-0.05, 0) is 87.1 Å². The van der Waals surface area contributed by atoms with Crippen molar-refractivity contribution in [1.29, 1.82) is 0 Å². The Labute approximate surface area is 183 Å². The van der Waals surface area contributed by atoms with Gasteiger partial charge >= 0.3 is 0 Å². The van der Waals surface area contributed by atoms with Crippen LogP contribution < -0.4 is 4.90 Å². The van der Waals surface area contributed by atoms with Crippen LogP contribution in [0.4, 0.5) is 5.69 Å². The number of hydrogen-bond donors (Lipinski definition) is 0. The molecule has 30 heavy (non-hydrogen) atoms. The number of anilines is 1. The summed E-state index contributed by atoms with van der Waals surface area (Å²) in [6.45, 7) is 12.0. The van der Waals surface area contributed by atoms with Gasteiger partial charge in [0.1, 0.15) is 0 Å². The van der Waals surface area contributed by atoms with Crippen LogP contribution in [0.3, 0.4) is 0 Å². The van der Waals surface area contributed by atoms with Gasteiger partial charge in [-0.2, -0.15) is 0 Å². The molecular weight excluding hydrogens is 370 g/mol. The Balaban J connectivity index is 0.962. The quantitative estimate of drug-likeness (QED) is 0.566. The summed E-state index contributed by atoms with van der Waals surface area (Å²) in [6, 6.07) is 9.41. The molecule has 1 aliphatic carbocycles. The lowest BCUT2D eigenvalue weighted by Crippen LogP contribution is -2.31. The zero-order chi connectivity index (χ0) is 20.2. The number of ether oxygens (including phenoxy) is 1. The third-order valence-corrected chi connectivity index (χ3v) is 8.03. The van der Waals surface area contributed by atoms with Crippen molar-refractivity contribution in [2.24, 2.45) is 17.8 Å². The lowest BCUT2D eigenvalue weighted by atomic mass is 10.1. The predicted octanol–water partition coefficient (Wildman–Crippen LogP) is 4.25. The van der Waals surface area contributed by atoms with Crippen molar-refractivity contribution in [3.63, 3.8) is 0 Å². The second-order valence-corrected chi connectivity index (χ2v) is 10.2. The highest BCUT2D eigenvalue weighted by Crippen LogP contribution is 2.52. The molecule has 4 nitrogen and oxygen atoms in total. The normalized spacial score (nSPS) is 29.9. The second kappa shape index (κ2) is 10.0. The predicted molar refractivity (Wildman–Crippen MR) is 124 cm³/mol. The van der Waals surface area contributed by atoms with Crippen LogP contribution in [0.25, 0.3) is 0 Å². The molecule has 3 aliphatic heterocycles. The molecule has 1 unspecified atom stereocenters. The van der Waals surface area contributed by atoms with E-state index in [4.69, 9.17) is 4.74 Å². The molecule has 0 bridgehead atoms. The third kappa shape index (κ3) is 5.20. The van der Waals surface area contributed by atoms with Crippen molar-refractivity contribution in [2.45, 2.75) is 51.5 Å². The summed E-state index contributed by atoms with van der Waals surface area (Å²) >= 11 is 0.